The summed E-state index contributed by atoms with van der Waals surface area (Å²) in [7, 11) is 0. The van der Waals surface area contributed by atoms with Gasteiger partial charge in [0.05, 0.1) is 0 Å². The van der Waals surface area contributed by atoms with Gasteiger partial charge in [0, 0.05) is 11.3 Å². The SMILES string of the molecule is NC(=O)c1ccc(CSc2n[nH]c(/C=C/c3ccccc3)n2)cc1. The predicted molar refractivity (Wildman–Crippen MR) is 96.3 cm³/mol. The zero-order valence-corrected chi connectivity index (χ0v) is 13.7. The van der Waals surface area contributed by atoms with Gasteiger partial charge in [-0.2, -0.15) is 0 Å². The number of carbonyl (C=O) groups excluding carboxylic acids is 1. The molecule has 120 valence electrons. The predicted octanol–water partition coefficient (Wildman–Crippen LogP) is 3.37. The van der Waals surface area contributed by atoms with Crippen molar-refractivity contribution in [2.45, 2.75) is 10.9 Å². The van der Waals surface area contributed by atoms with Crippen molar-refractivity contribution in [3.8, 4) is 0 Å². The first-order chi connectivity index (χ1) is 11.7. The van der Waals surface area contributed by atoms with E-state index in [0.717, 1.165) is 16.9 Å². The molecule has 5 nitrogen and oxygen atoms in total. The molecule has 3 rings (SSSR count). The summed E-state index contributed by atoms with van der Waals surface area (Å²) < 4.78 is 0. The maximum Gasteiger partial charge on any atom is 0.248 e. The molecule has 0 radical (unpaired) electrons. The summed E-state index contributed by atoms with van der Waals surface area (Å²) in [5.41, 5.74) is 7.93. The van der Waals surface area contributed by atoms with Gasteiger partial charge in [0.15, 0.2) is 0 Å². The van der Waals surface area contributed by atoms with E-state index in [0.29, 0.717) is 16.5 Å². The molecule has 3 N–H and O–H groups in total. The van der Waals surface area contributed by atoms with Gasteiger partial charge < -0.3 is 5.73 Å². The lowest BCUT2D eigenvalue weighted by atomic mass is 10.1. The van der Waals surface area contributed by atoms with Gasteiger partial charge in [0.25, 0.3) is 0 Å². The van der Waals surface area contributed by atoms with Gasteiger partial charge in [-0.05, 0) is 29.3 Å². The number of hydrogen-bond acceptors (Lipinski definition) is 4. The van der Waals surface area contributed by atoms with Crippen LogP contribution in [0.5, 0.6) is 0 Å². The summed E-state index contributed by atoms with van der Waals surface area (Å²) in [5.74, 6) is 1.02. The topological polar surface area (TPSA) is 84.7 Å². The summed E-state index contributed by atoms with van der Waals surface area (Å²) in [4.78, 5) is 15.5. The number of nitrogens with one attached hydrogen (secondary N) is 1. The van der Waals surface area contributed by atoms with Crippen molar-refractivity contribution in [2.75, 3.05) is 0 Å². The minimum atomic E-state index is -0.419. The highest BCUT2D eigenvalue weighted by Gasteiger charge is 2.04. The number of thioether (sulfide) groups is 1. The number of hydrogen-bond donors (Lipinski definition) is 2. The van der Waals surface area contributed by atoms with Crippen LogP contribution < -0.4 is 5.73 Å². The molecule has 0 saturated heterocycles. The van der Waals surface area contributed by atoms with Crippen LogP contribution >= 0.6 is 11.8 Å². The van der Waals surface area contributed by atoms with Gasteiger partial charge in [-0.15, -0.1) is 5.10 Å². The van der Waals surface area contributed by atoms with E-state index in [1.807, 2.05) is 54.6 Å². The largest absolute Gasteiger partial charge is 0.366 e. The number of carbonyl (C=O) groups is 1. The lowest BCUT2D eigenvalue weighted by Gasteiger charge is -2.00. The zero-order chi connectivity index (χ0) is 16.8. The number of nitrogens with zero attached hydrogens (tertiary/aromatic N) is 2. The molecule has 2 aromatic carbocycles. The van der Waals surface area contributed by atoms with E-state index in [1.165, 1.54) is 11.8 Å². The Labute approximate surface area is 144 Å². The summed E-state index contributed by atoms with van der Waals surface area (Å²) >= 11 is 1.53. The fraction of sp³-hybridized carbons (Fsp3) is 0.0556. The standard InChI is InChI=1S/C18H16N4OS/c19-17(23)15-9-6-14(7-10-15)12-24-18-20-16(21-22-18)11-8-13-4-2-1-3-5-13/h1-11H,12H2,(H2,19,23)(H,20,21,22)/b11-8+. The van der Waals surface area contributed by atoms with Crippen molar-refractivity contribution in [1.29, 1.82) is 0 Å². The number of primary amides is 1. The molecule has 24 heavy (non-hydrogen) atoms. The lowest BCUT2D eigenvalue weighted by molar-refractivity contribution is 0.100. The number of nitrogens with two attached hydrogens (primary N) is 1. The normalized spacial score (nSPS) is 11.0. The fourth-order valence-corrected chi connectivity index (χ4v) is 2.81. The molecule has 3 aromatic rings. The first-order valence-electron chi connectivity index (χ1n) is 7.38. The molecule has 6 heteroatoms. The second-order valence-corrected chi connectivity index (χ2v) is 6.04. The smallest absolute Gasteiger partial charge is 0.248 e. The van der Waals surface area contributed by atoms with Crippen LogP contribution in [0.15, 0.2) is 59.8 Å². The molecular weight excluding hydrogens is 320 g/mol. The minimum Gasteiger partial charge on any atom is -0.366 e. The van der Waals surface area contributed by atoms with Gasteiger partial charge in [0.1, 0.15) is 5.82 Å². The number of H-pyrrole nitrogens is 1. The quantitative estimate of drug-likeness (QED) is 0.676. The Hall–Kier alpha value is -2.86. The second-order valence-electron chi connectivity index (χ2n) is 5.10. The van der Waals surface area contributed by atoms with Crippen LogP contribution in [0, 0.1) is 0 Å². The van der Waals surface area contributed by atoms with Gasteiger partial charge in [-0.1, -0.05) is 60.3 Å². The summed E-state index contributed by atoms with van der Waals surface area (Å²) in [5, 5.41) is 7.78. The molecule has 0 aliphatic heterocycles. The van der Waals surface area contributed by atoms with E-state index in [9.17, 15) is 4.79 Å². The van der Waals surface area contributed by atoms with E-state index >= 15 is 0 Å². The third kappa shape index (κ3) is 4.33. The molecule has 0 saturated carbocycles. The Kier molecular flexibility index (Phi) is 5.08. The molecule has 0 fully saturated rings. The molecule has 0 atom stereocenters. The second kappa shape index (κ2) is 7.61. The number of rotatable bonds is 6. The van der Waals surface area contributed by atoms with Crippen LogP contribution in [0.2, 0.25) is 0 Å². The van der Waals surface area contributed by atoms with Gasteiger partial charge in [-0.3, -0.25) is 9.89 Å². The van der Waals surface area contributed by atoms with Gasteiger partial charge in [0.2, 0.25) is 11.1 Å². The maximum absolute atomic E-state index is 11.0. The Morgan fingerprint density at radius 2 is 1.83 bits per heavy atom. The molecule has 1 amide bonds. The van der Waals surface area contributed by atoms with Crippen LogP contribution in [-0.4, -0.2) is 21.1 Å². The molecule has 1 heterocycles. The Bertz CT molecular complexity index is 841. The van der Waals surface area contributed by atoms with Crippen LogP contribution in [0.1, 0.15) is 27.3 Å². The van der Waals surface area contributed by atoms with Gasteiger partial charge in [-0.25, -0.2) is 4.98 Å². The van der Waals surface area contributed by atoms with E-state index < -0.39 is 5.91 Å². The van der Waals surface area contributed by atoms with Crippen LogP contribution in [0.4, 0.5) is 0 Å². The molecular formula is C18H16N4OS. The van der Waals surface area contributed by atoms with E-state index in [2.05, 4.69) is 15.2 Å². The number of benzene rings is 2. The van der Waals surface area contributed by atoms with Crippen LogP contribution in [-0.2, 0) is 5.75 Å². The van der Waals surface area contributed by atoms with Crippen molar-refractivity contribution >= 4 is 29.8 Å². The molecule has 0 bridgehead atoms. The highest BCUT2D eigenvalue weighted by Crippen LogP contribution is 2.19. The Morgan fingerprint density at radius 3 is 2.54 bits per heavy atom. The van der Waals surface area contributed by atoms with Crippen molar-refractivity contribution < 1.29 is 4.79 Å². The van der Waals surface area contributed by atoms with Crippen LogP contribution in [0.3, 0.4) is 0 Å². The number of aromatic nitrogens is 3. The van der Waals surface area contributed by atoms with Crippen molar-refractivity contribution in [3.05, 3.63) is 77.1 Å². The molecule has 1 aromatic heterocycles. The summed E-state index contributed by atoms with van der Waals surface area (Å²) in [6.07, 6.45) is 3.88. The first kappa shape index (κ1) is 16.0. The molecule has 0 spiro atoms. The first-order valence-corrected chi connectivity index (χ1v) is 8.36. The summed E-state index contributed by atoms with van der Waals surface area (Å²) in [6, 6.07) is 17.2. The minimum absolute atomic E-state index is 0.419. The fourth-order valence-electron chi connectivity index (χ4n) is 2.05. The molecule has 0 aliphatic carbocycles. The summed E-state index contributed by atoms with van der Waals surface area (Å²) in [6.45, 7) is 0. The van der Waals surface area contributed by atoms with Gasteiger partial charge >= 0.3 is 0 Å². The van der Waals surface area contributed by atoms with E-state index in [-0.39, 0.29) is 0 Å². The Balaban J connectivity index is 1.58. The zero-order valence-electron chi connectivity index (χ0n) is 12.8. The Morgan fingerprint density at radius 1 is 1.08 bits per heavy atom. The maximum atomic E-state index is 11.0. The van der Waals surface area contributed by atoms with Crippen molar-refractivity contribution in [3.63, 3.8) is 0 Å². The molecule has 0 aliphatic rings. The van der Waals surface area contributed by atoms with Crippen molar-refractivity contribution in [2.24, 2.45) is 5.73 Å². The van der Waals surface area contributed by atoms with E-state index in [4.69, 9.17) is 5.73 Å². The van der Waals surface area contributed by atoms with Crippen molar-refractivity contribution in [1.82, 2.24) is 15.2 Å². The van der Waals surface area contributed by atoms with Crippen LogP contribution in [0.25, 0.3) is 12.2 Å². The number of aromatic amines is 1. The monoisotopic (exact) mass is 336 g/mol. The average Bonchev–Trinajstić information content (AvgIpc) is 3.07. The third-order valence-electron chi connectivity index (χ3n) is 3.32. The highest BCUT2D eigenvalue weighted by atomic mass is 32.2. The van der Waals surface area contributed by atoms with E-state index in [1.54, 1.807) is 12.1 Å². The lowest BCUT2D eigenvalue weighted by Crippen LogP contribution is -2.10. The molecule has 0 unspecified atom stereocenters. The number of amides is 1. The highest BCUT2D eigenvalue weighted by molar-refractivity contribution is 7.98. The third-order valence-corrected chi connectivity index (χ3v) is 4.24. The average molecular weight is 336 g/mol.